The van der Waals surface area contributed by atoms with Crippen LogP contribution < -0.4 is 22.1 Å². The van der Waals surface area contributed by atoms with Gasteiger partial charge in [-0.1, -0.05) is 48.5 Å². The molecule has 13 heteroatoms. The maximum absolute atomic E-state index is 12.4. The second-order valence-electron chi connectivity index (χ2n) is 10.9. The van der Waals surface area contributed by atoms with Crippen LogP contribution in [0.25, 0.3) is 0 Å². The molecule has 3 amide bonds. The third-order valence-corrected chi connectivity index (χ3v) is 6.38. The Morgan fingerprint density at radius 1 is 0.897 bits per heavy atom. The highest BCUT2D eigenvalue weighted by Crippen LogP contribution is 2.20. The number of rotatable bonds is 13. The molecule has 0 aromatic rings. The summed E-state index contributed by atoms with van der Waals surface area (Å²) in [5, 5.41) is 22.8. The molecular formula is C26H47N5O8. The second-order valence-corrected chi connectivity index (χ2v) is 10.9. The van der Waals surface area contributed by atoms with Crippen molar-refractivity contribution < 1.29 is 39.0 Å². The second kappa shape index (κ2) is 16.8. The Balaban J connectivity index is 0.000000768. The van der Waals surface area contributed by atoms with Crippen molar-refractivity contribution in [2.75, 3.05) is 6.54 Å². The molecule has 0 aliphatic carbocycles. The summed E-state index contributed by atoms with van der Waals surface area (Å²) in [6.07, 6.45) is 1.87. The highest BCUT2D eigenvalue weighted by Gasteiger charge is 2.38. The van der Waals surface area contributed by atoms with Crippen LogP contribution in [0.4, 0.5) is 0 Å². The number of carbonyl (C=O) groups is 6. The molecule has 0 radical (unpaired) electrons. The number of amides is 3. The monoisotopic (exact) mass is 557 g/mol. The van der Waals surface area contributed by atoms with Crippen molar-refractivity contribution in [3.8, 4) is 0 Å². The molecule has 39 heavy (non-hydrogen) atoms. The Bertz CT molecular complexity index is 876. The lowest BCUT2D eigenvalue weighted by atomic mass is 10.0. The Kier molecular flexibility index (Phi) is 15.5. The lowest BCUT2D eigenvalue weighted by molar-refractivity contribution is -0.145. The van der Waals surface area contributed by atoms with E-state index in [2.05, 4.69) is 10.6 Å². The molecule has 0 saturated carbocycles. The van der Waals surface area contributed by atoms with Crippen LogP contribution in [0.5, 0.6) is 0 Å². The molecule has 1 fully saturated rings. The Hall–Kier alpha value is -3.06. The number of aliphatic carboxylic acids is 2. The van der Waals surface area contributed by atoms with Crippen LogP contribution >= 0.6 is 0 Å². The number of nitrogens with zero attached hydrogens (tertiary/aromatic N) is 1. The molecule has 1 unspecified atom stereocenters. The van der Waals surface area contributed by atoms with E-state index in [9.17, 15) is 28.8 Å². The number of likely N-dealkylation sites (tertiary alicyclic amines) is 1. The van der Waals surface area contributed by atoms with Crippen LogP contribution in [0.3, 0.4) is 0 Å². The Morgan fingerprint density at radius 2 is 1.46 bits per heavy atom. The summed E-state index contributed by atoms with van der Waals surface area (Å²) >= 11 is 0. The number of carbonyl (C=O) groups excluding carboxylic acids is 4. The van der Waals surface area contributed by atoms with Crippen molar-refractivity contribution in [2.24, 2.45) is 29.2 Å². The van der Waals surface area contributed by atoms with E-state index >= 15 is 0 Å². The fourth-order valence-corrected chi connectivity index (χ4v) is 3.82. The average molecular weight is 558 g/mol. The van der Waals surface area contributed by atoms with Gasteiger partial charge < -0.3 is 37.2 Å². The van der Waals surface area contributed by atoms with E-state index in [4.69, 9.17) is 21.7 Å². The number of nitrogens with one attached hydrogen (secondary N) is 2. The summed E-state index contributed by atoms with van der Waals surface area (Å²) in [4.78, 5) is 71.1. The number of hydrogen-bond donors (Lipinski definition) is 6. The minimum absolute atomic E-state index is 0.0146. The molecule has 0 spiro atoms. The van der Waals surface area contributed by atoms with E-state index in [1.165, 1.54) is 4.90 Å². The predicted molar refractivity (Wildman–Crippen MR) is 144 cm³/mol. The first-order valence-corrected chi connectivity index (χ1v) is 13.4. The first kappa shape index (κ1) is 35.9. The number of Topliss-reactive ketones (excluding diaryl/α,β-unsaturated/α-hetero) is 1. The molecule has 5 atom stereocenters. The fourth-order valence-electron chi connectivity index (χ4n) is 3.82. The zero-order valence-corrected chi connectivity index (χ0v) is 24.1. The van der Waals surface area contributed by atoms with Gasteiger partial charge in [-0.3, -0.25) is 19.2 Å². The first-order valence-electron chi connectivity index (χ1n) is 13.4. The molecule has 13 nitrogen and oxygen atoms in total. The molecule has 1 saturated heterocycles. The molecule has 224 valence electrons. The van der Waals surface area contributed by atoms with E-state index in [1.807, 2.05) is 27.7 Å². The lowest BCUT2D eigenvalue weighted by Gasteiger charge is -2.29. The third-order valence-electron chi connectivity index (χ3n) is 6.38. The summed E-state index contributed by atoms with van der Waals surface area (Å²) in [5.74, 6) is -4.72. The Morgan fingerprint density at radius 3 is 1.87 bits per heavy atom. The molecule has 0 bridgehead atoms. The van der Waals surface area contributed by atoms with Gasteiger partial charge in [0.05, 0.1) is 12.1 Å². The van der Waals surface area contributed by atoms with Gasteiger partial charge in [-0.15, -0.1) is 0 Å². The SMILES string of the molecule is CC(C)[C@H](N)C(=O)N1CCC[C@H]1C(=O)N[C@H](C(=O)O)C(C)C.CCC(N)C(=O)C(=O)N[C@H](CC(C)C)C(=O)O. The van der Waals surface area contributed by atoms with Crippen molar-refractivity contribution >= 4 is 35.4 Å². The topological polar surface area (TPSA) is 222 Å². The van der Waals surface area contributed by atoms with Gasteiger partial charge in [-0.25, -0.2) is 9.59 Å². The highest BCUT2D eigenvalue weighted by atomic mass is 16.4. The van der Waals surface area contributed by atoms with Gasteiger partial charge in [0.25, 0.3) is 5.91 Å². The number of carboxylic acid groups (broad SMARTS) is 2. The van der Waals surface area contributed by atoms with E-state index in [1.54, 1.807) is 20.8 Å². The normalized spacial score (nSPS) is 18.1. The number of hydrogen-bond acceptors (Lipinski definition) is 8. The summed E-state index contributed by atoms with van der Waals surface area (Å²) in [5.41, 5.74) is 11.3. The maximum atomic E-state index is 12.4. The molecule has 1 heterocycles. The summed E-state index contributed by atoms with van der Waals surface area (Å²) in [7, 11) is 0. The largest absolute Gasteiger partial charge is 0.480 e. The maximum Gasteiger partial charge on any atom is 0.326 e. The van der Waals surface area contributed by atoms with Crippen molar-refractivity contribution in [1.29, 1.82) is 0 Å². The van der Waals surface area contributed by atoms with Crippen molar-refractivity contribution in [2.45, 2.75) is 104 Å². The van der Waals surface area contributed by atoms with Gasteiger partial charge in [-0.2, -0.15) is 0 Å². The van der Waals surface area contributed by atoms with Crippen molar-refractivity contribution in [1.82, 2.24) is 15.5 Å². The van der Waals surface area contributed by atoms with E-state index in [-0.39, 0.29) is 30.1 Å². The fraction of sp³-hybridized carbons (Fsp3) is 0.769. The van der Waals surface area contributed by atoms with Gasteiger partial charge in [0.15, 0.2) is 0 Å². The Labute approximate surface area is 230 Å². The van der Waals surface area contributed by atoms with Crippen LogP contribution in [-0.4, -0.2) is 87.3 Å². The van der Waals surface area contributed by atoms with E-state index in [0.29, 0.717) is 25.8 Å². The zero-order chi connectivity index (χ0) is 30.6. The van der Waals surface area contributed by atoms with Gasteiger partial charge in [0.2, 0.25) is 17.6 Å². The minimum Gasteiger partial charge on any atom is -0.480 e. The molecule has 1 aliphatic rings. The van der Waals surface area contributed by atoms with Gasteiger partial charge in [0, 0.05) is 6.54 Å². The zero-order valence-electron chi connectivity index (χ0n) is 24.1. The molecule has 1 rings (SSSR count). The lowest BCUT2D eigenvalue weighted by Crippen LogP contribution is -2.55. The van der Waals surface area contributed by atoms with Crippen LogP contribution in [0.1, 0.15) is 74.1 Å². The van der Waals surface area contributed by atoms with Gasteiger partial charge in [0.1, 0.15) is 18.1 Å². The quantitative estimate of drug-likeness (QED) is 0.167. The van der Waals surface area contributed by atoms with Crippen LogP contribution in [0.15, 0.2) is 0 Å². The standard InChI is InChI=1S/C15H27N3O4.C11H20N2O4/c1-8(2)11(16)14(20)18-7-5-6-10(18)13(19)17-12(9(3)4)15(21)22;1-4-7(12)9(14)10(15)13-8(11(16)17)5-6(2)3/h8-12H,5-7,16H2,1-4H3,(H,17,19)(H,21,22);6-8H,4-5,12H2,1-3H3,(H,13,15)(H,16,17)/t10-,11-,12-;7?,8-/m01/s1. The van der Waals surface area contributed by atoms with Crippen molar-refractivity contribution in [3.63, 3.8) is 0 Å². The van der Waals surface area contributed by atoms with Gasteiger partial charge in [-0.05, 0) is 43.4 Å². The number of nitrogens with two attached hydrogens (primary N) is 2. The number of carboxylic acids is 2. The first-order chi connectivity index (χ1) is 18.0. The number of ketones is 1. The van der Waals surface area contributed by atoms with Crippen LogP contribution in [0, 0.1) is 17.8 Å². The molecule has 0 aromatic heterocycles. The summed E-state index contributed by atoms with van der Waals surface area (Å²) in [6, 6.07) is -4.14. The smallest absolute Gasteiger partial charge is 0.326 e. The highest BCUT2D eigenvalue weighted by molar-refractivity contribution is 6.38. The molecular weight excluding hydrogens is 510 g/mol. The molecule has 0 aromatic carbocycles. The summed E-state index contributed by atoms with van der Waals surface area (Å²) < 4.78 is 0. The molecule has 1 aliphatic heterocycles. The molecule has 8 N–H and O–H groups in total. The third kappa shape index (κ3) is 11.7. The van der Waals surface area contributed by atoms with Crippen LogP contribution in [0.2, 0.25) is 0 Å². The van der Waals surface area contributed by atoms with E-state index < -0.39 is 59.7 Å². The average Bonchev–Trinajstić information content (AvgIpc) is 3.34. The minimum atomic E-state index is -1.15. The van der Waals surface area contributed by atoms with Crippen molar-refractivity contribution in [3.05, 3.63) is 0 Å². The predicted octanol–water partition coefficient (Wildman–Crippen LogP) is 0.0944. The van der Waals surface area contributed by atoms with Crippen LogP contribution in [-0.2, 0) is 28.8 Å². The van der Waals surface area contributed by atoms with Gasteiger partial charge >= 0.3 is 11.9 Å². The summed E-state index contributed by atoms with van der Waals surface area (Å²) in [6.45, 7) is 13.0. The van der Waals surface area contributed by atoms with E-state index in [0.717, 1.165) is 0 Å².